The zero-order valence-corrected chi connectivity index (χ0v) is 9.74. The van der Waals surface area contributed by atoms with Gasteiger partial charge in [0.1, 0.15) is 6.10 Å². The minimum atomic E-state index is -0.720. The summed E-state index contributed by atoms with van der Waals surface area (Å²) in [6.07, 6.45) is 1.03. The highest BCUT2D eigenvalue weighted by atomic mass is 16.7. The number of carbonyl (C=O) groups is 2. The molecule has 0 saturated carbocycles. The summed E-state index contributed by atoms with van der Waals surface area (Å²) in [5.74, 6) is -0.596. The maximum absolute atomic E-state index is 11.6. The average Bonchev–Trinajstić information content (AvgIpc) is 3.01. The SMILES string of the molecule is COC(=O)c1ccn([C@H]2CC(=O)[C@@H]3OC[C@H]2O3)n1. The van der Waals surface area contributed by atoms with Gasteiger partial charge in [-0.3, -0.25) is 9.48 Å². The minimum Gasteiger partial charge on any atom is -0.464 e. The molecule has 1 aromatic heterocycles. The van der Waals surface area contributed by atoms with Crippen LogP contribution < -0.4 is 0 Å². The third kappa shape index (κ3) is 1.72. The molecule has 2 saturated heterocycles. The van der Waals surface area contributed by atoms with Crippen LogP contribution in [0.4, 0.5) is 0 Å². The van der Waals surface area contributed by atoms with Gasteiger partial charge < -0.3 is 14.2 Å². The highest BCUT2D eigenvalue weighted by molar-refractivity contribution is 5.87. The molecule has 3 heterocycles. The summed E-state index contributed by atoms with van der Waals surface area (Å²) in [6.45, 7) is 0.370. The van der Waals surface area contributed by atoms with Crippen molar-refractivity contribution in [3.8, 4) is 0 Å². The number of ketones is 1. The van der Waals surface area contributed by atoms with Crippen molar-refractivity contribution < 1.29 is 23.8 Å². The van der Waals surface area contributed by atoms with Gasteiger partial charge in [0.25, 0.3) is 0 Å². The Morgan fingerprint density at radius 1 is 1.61 bits per heavy atom. The highest BCUT2D eigenvalue weighted by Crippen LogP contribution is 2.32. The van der Waals surface area contributed by atoms with Crippen molar-refractivity contribution in [1.82, 2.24) is 9.78 Å². The zero-order chi connectivity index (χ0) is 12.7. The van der Waals surface area contributed by atoms with Crippen LogP contribution in [-0.4, -0.2) is 47.6 Å². The Hall–Kier alpha value is -1.73. The van der Waals surface area contributed by atoms with Gasteiger partial charge in [-0.1, -0.05) is 0 Å². The third-order valence-electron chi connectivity index (χ3n) is 3.16. The Bertz CT molecular complexity index is 497. The van der Waals surface area contributed by atoms with E-state index >= 15 is 0 Å². The standard InChI is InChI=1S/C11H12N2O5/c1-16-10(15)6-2-3-13(12-6)7-4-8(14)11-17-5-9(7)18-11/h2-3,7,9,11H,4-5H2,1H3/t7-,9+,11+/m0/s1. The first-order valence-electron chi connectivity index (χ1n) is 5.62. The Labute approximate surface area is 103 Å². The number of fused-ring (bicyclic) bond motifs is 2. The number of hydrogen-bond acceptors (Lipinski definition) is 6. The predicted octanol–water partition coefficient (Wildman–Crippen LogP) is -0.0749. The van der Waals surface area contributed by atoms with E-state index in [0.29, 0.717) is 13.0 Å². The van der Waals surface area contributed by atoms with E-state index in [-0.39, 0.29) is 23.6 Å². The number of methoxy groups -OCH3 is 1. The minimum absolute atomic E-state index is 0.0936. The fourth-order valence-electron chi connectivity index (χ4n) is 2.22. The first-order chi connectivity index (χ1) is 8.69. The van der Waals surface area contributed by atoms with Gasteiger partial charge in [-0.2, -0.15) is 5.10 Å². The van der Waals surface area contributed by atoms with E-state index in [4.69, 9.17) is 9.47 Å². The van der Waals surface area contributed by atoms with Crippen LogP contribution in [0.5, 0.6) is 0 Å². The molecule has 0 N–H and O–H groups in total. The topological polar surface area (TPSA) is 79.7 Å². The summed E-state index contributed by atoms with van der Waals surface area (Å²) in [6, 6.07) is 1.33. The van der Waals surface area contributed by atoms with Crippen LogP contribution in [0.3, 0.4) is 0 Å². The molecule has 18 heavy (non-hydrogen) atoms. The van der Waals surface area contributed by atoms with E-state index in [1.165, 1.54) is 7.11 Å². The molecule has 0 spiro atoms. The summed E-state index contributed by atoms with van der Waals surface area (Å²) in [5, 5.41) is 4.11. The second-order valence-corrected chi connectivity index (χ2v) is 4.25. The van der Waals surface area contributed by atoms with Crippen molar-refractivity contribution >= 4 is 11.8 Å². The summed E-state index contributed by atoms with van der Waals surface area (Å²) >= 11 is 0. The number of rotatable bonds is 2. The van der Waals surface area contributed by atoms with Crippen LogP contribution in [-0.2, 0) is 19.0 Å². The molecule has 2 aliphatic heterocycles. The fourth-order valence-corrected chi connectivity index (χ4v) is 2.22. The molecule has 2 bridgehead atoms. The van der Waals surface area contributed by atoms with Crippen LogP contribution in [0.2, 0.25) is 0 Å². The maximum Gasteiger partial charge on any atom is 0.358 e. The molecule has 0 aromatic carbocycles. The molecule has 2 aliphatic rings. The largest absolute Gasteiger partial charge is 0.464 e. The van der Waals surface area contributed by atoms with Gasteiger partial charge >= 0.3 is 5.97 Å². The van der Waals surface area contributed by atoms with Crippen molar-refractivity contribution in [2.75, 3.05) is 13.7 Å². The molecule has 2 fully saturated rings. The van der Waals surface area contributed by atoms with Crippen molar-refractivity contribution in [3.05, 3.63) is 18.0 Å². The zero-order valence-electron chi connectivity index (χ0n) is 9.74. The molecular formula is C11H12N2O5. The van der Waals surface area contributed by atoms with E-state index in [9.17, 15) is 9.59 Å². The Morgan fingerprint density at radius 2 is 2.44 bits per heavy atom. The second kappa shape index (κ2) is 4.18. The molecule has 0 radical (unpaired) electrons. The van der Waals surface area contributed by atoms with Crippen LogP contribution in [0.1, 0.15) is 23.0 Å². The van der Waals surface area contributed by atoms with Gasteiger partial charge in [0.05, 0.1) is 19.8 Å². The number of Topliss-reactive ketones (excluding diaryl/α,β-unsaturated/α-hetero) is 1. The smallest absolute Gasteiger partial charge is 0.358 e. The van der Waals surface area contributed by atoms with Crippen molar-refractivity contribution in [2.45, 2.75) is 24.9 Å². The first kappa shape index (κ1) is 11.4. The van der Waals surface area contributed by atoms with Crippen LogP contribution in [0.15, 0.2) is 12.3 Å². The fraction of sp³-hybridized carbons (Fsp3) is 0.545. The number of nitrogens with zero attached hydrogens (tertiary/aromatic N) is 2. The highest BCUT2D eigenvalue weighted by Gasteiger charge is 2.44. The summed E-state index contributed by atoms with van der Waals surface area (Å²) in [4.78, 5) is 23.0. The average molecular weight is 252 g/mol. The van der Waals surface area contributed by atoms with E-state index in [1.807, 2.05) is 0 Å². The van der Waals surface area contributed by atoms with Gasteiger partial charge in [-0.15, -0.1) is 0 Å². The summed E-state index contributed by atoms with van der Waals surface area (Å²) in [5.41, 5.74) is 0.214. The number of esters is 1. The van der Waals surface area contributed by atoms with Gasteiger partial charge in [0.15, 0.2) is 11.5 Å². The van der Waals surface area contributed by atoms with Crippen molar-refractivity contribution in [2.24, 2.45) is 0 Å². The second-order valence-electron chi connectivity index (χ2n) is 4.25. The Kier molecular flexibility index (Phi) is 2.64. The van der Waals surface area contributed by atoms with Crippen LogP contribution in [0.25, 0.3) is 0 Å². The number of ether oxygens (including phenoxy) is 3. The van der Waals surface area contributed by atoms with Crippen LogP contribution in [0, 0.1) is 0 Å². The maximum atomic E-state index is 11.6. The first-order valence-corrected chi connectivity index (χ1v) is 5.62. The van der Waals surface area contributed by atoms with Gasteiger partial charge in [-0.25, -0.2) is 4.79 Å². The quantitative estimate of drug-likeness (QED) is 0.685. The number of aromatic nitrogens is 2. The lowest BCUT2D eigenvalue weighted by atomic mass is 10.0. The van der Waals surface area contributed by atoms with Crippen molar-refractivity contribution in [3.63, 3.8) is 0 Å². The molecule has 0 aliphatic carbocycles. The lowest BCUT2D eigenvalue weighted by Gasteiger charge is -2.26. The molecular weight excluding hydrogens is 240 g/mol. The van der Waals surface area contributed by atoms with Crippen LogP contribution >= 0.6 is 0 Å². The van der Waals surface area contributed by atoms with E-state index in [1.54, 1.807) is 16.9 Å². The molecule has 1 aromatic rings. The third-order valence-corrected chi connectivity index (χ3v) is 3.16. The molecule has 0 amide bonds. The summed E-state index contributed by atoms with van der Waals surface area (Å²) < 4.78 is 16.8. The Balaban J connectivity index is 1.84. The van der Waals surface area contributed by atoms with E-state index in [2.05, 4.69) is 9.84 Å². The van der Waals surface area contributed by atoms with Crippen molar-refractivity contribution in [1.29, 1.82) is 0 Å². The molecule has 3 rings (SSSR count). The molecule has 0 unspecified atom stereocenters. The molecule has 7 nitrogen and oxygen atoms in total. The normalized spacial score (nSPS) is 30.5. The monoisotopic (exact) mass is 252 g/mol. The molecule has 3 atom stereocenters. The van der Waals surface area contributed by atoms with Gasteiger partial charge in [0.2, 0.25) is 6.29 Å². The van der Waals surface area contributed by atoms with E-state index in [0.717, 1.165) is 0 Å². The molecule has 96 valence electrons. The summed E-state index contributed by atoms with van der Waals surface area (Å²) in [7, 11) is 1.30. The molecule has 7 heteroatoms. The van der Waals surface area contributed by atoms with Gasteiger partial charge in [-0.05, 0) is 6.07 Å². The number of carbonyl (C=O) groups excluding carboxylic acids is 2. The Morgan fingerprint density at radius 3 is 3.22 bits per heavy atom. The van der Waals surface area contributed by atoms with E-state index < -0.39 is 12.3 Å². The predicted molar refractivity (Wildman–Crippen MR) is 56.8 cm³/mol. The number of hydrogen-bond donors (Lipinski definition) is 0. The lowest BCUT2D eigenvalue weighted by Crippen LogP contribution is -2.37. The lowest BCUT2D eigenvalue weighted by molar-refractivity contribution is -0.156. The van der Waals surface area contributed by atoms with Gasteiger partial charge in [0, 0.05) is 12.6 Å².